The van der Waals surface area contributed by atoms with Crippen molar-refractivity contribution in [2.75, 3.05) is 0 Å². The molecule has 1 aliphatic carbocycles. The summed E-state index contributed by atoms with van der Waals surface area (Å²) in [5.74, 6) is 0.622. The van der Waals surface area contributed by atoms with Gasteiger partial charge in [0.05, 0.1) is 0 Å². The van der Waals surface area contributed by atoms with Gasteiger partial charge in [0.1, 0.15) is 0 Å². The minimum atomic E-state index is 0.0641. The van der Waals surface area contributed by atoms with Crippen molar-refractivity contribution in [1.82, 2.24) is 0 Å². The Morgan fingerprint density at radius 2 is 1.86 bits per heavy atom. The van der Waals surface area contributed by atoms with Gasteiger partial charge in [0, 0.05) is 5.41 Å². The monoisotopic (exact) mass is 294 g/mol. The fourth-order valence-electron chi connectivity index (χ4n) is 2.62. The van der Waals surface area contributed by atoms with Crippen molar-refractivity contribution in [3.8, 4) is 0 Å². The molecule has 0 heteroatoms. The molecule has 2 atom stereocenters. The second kappa shape index (κ2) is 7.45. The molecular weight excluding hydrogens is 264 g/mol. The second-order valence-electron chi connectivity index (χ2n) is 6.66. The van der Waals surface area contributed by atoms with Gasteiger partial charge in [0.15, 0.2) is 0 Å². The van der Waals surface area contributed by atoms with E-state index >= 15 is 0 Å². The van der Waals surface area contributed by atoms with E-state index in [4.69, 9.17) is 0 Å². The molecular formula is C22H30. The molecule has 1 rings (SSSR count). The van der Waals surface area contributed by atoms with Crippen LogP contribution in [0.2, 0.25) is 0 Å². The summed E-state index contributed by atoms with van der Waals surface area (Å²) in [5.41, 5.74) is 5.31. The molecule has 0 bridgehead atoms. The third-order valence-electron chi connectivity index (χ3n) is 4.50. The molecule has 0 radical (unpaired) electrons. The minimum absolute atomic E-state index is 0.0641. The second-order valence-corrected chi connectivity index (χ2v) is 6.66. The van der Waals surface area contributed by atoms with Gasteiger partial charge < -0.3 is 0 Å². The summed E-state index contributed by atoms with van der Waals surface area (Å²) in [4.78, 5) is 0. The van der Waals surface area contributed by atoms with Crippen LogP contribution in [-0.4, -0.2) is 0 Å². The van der Waals surface area contributed by atoms with Crippen LogP contribution in [-0.2, 0) is 0 Å². The molecule has 1 aliphatic rings. The predicted molar refractivity (Wildman–Crippen MR) is 101 cm³/mol. The van der Waals surface area contributed by atoms with Crippen LogP contribution in [0.25, 0.3) is 0 Å². The average molecular weight is 294 g/mol. The van der Waals surface area contributed by atoms with E-state index in [1.807, 2.05) is 12.2 Å². The Labute approximate surface area is 137 Å². The molecule has 0 spiro atoms. The van der Waals surface area contributed by atoms with E-state index < -0.39 is 0 Å². The number of rotatable bonds is 7. The number of hydrogen-bond donors (Lipinski definition) is 0. The highest BCUT2D eigenvalue weighted by Crippen LogP contribution is 2.41. The third-order valence-corrected chi connectivity index (χ3v) is 4.50. The highest BCUT2D eigenvalue weighted by molar-refractivity contribution is 5.51. The smallest absolute Gasteiger partial charge is 0.0103 e. The molecule has 1 unspecified atom stereocenters. The van der Waals surface area contributed by atoms with Crippen LogP contribution < -0.4 is 0 Å². The lowest BCUT2D eigenvalue weighted by Crippen LogP contribution is -2.13. The Kier molecular flexibility index (Phi) is 6.17. The quantitative estimate of drug-likeness (QED) is 0.361. The molecule has 0 aromatic carbocycles. The first-order chi connectivity index (χ1) is 10.2. The van der Waals surface area contributed by atoms with Crippen LogP contribution in [0.15, 0.2) is 84.6 Å². The van der Waals surface area contributed by atoms with Gasteiger partial charge in [-0.3, -0.25) is 0 Å². The zero-order valence-corrected chi connectivity index (χ0v) is 14.7. The Bertz CT molecular complexity index is 577. The molecule has 118 valence electrons. The van der Waals surface area contributed by atoms with Gasteiger partial charge in [-0.25, -0.2) is 0 Å². The lowest BCUT2D eigenvalue weighted by atomic mass is 9.80. The molecule has 0 fully saturated rings. The molecule has 0 aromatic rings. The van der Waals surface area contributed by atoms with Crippen molar-refractivity contribution in [2.45, 2.75) is 40.5 Å². The first kappa shape index (κ1) is 18.2. The van der Waals surface area contributed by atoms with Crippen LogP contribution in [0.1, 0.15) is 40.5 Å². The van der Waals surface area contributed by atoms with Crippen molar-refractivity contribution < 1.29 is 0 Å². The van der Waals surface area contributed by atoms with Gasteiger partial charge in [0.25, 0.3) is 0 Å². The first-order valence-electron chi connectivity index (χ1n) is 8.01. The van der Waals surface area contributed by atoms with Crippen LogP contribution >= 0.6 is 0 Å². The van der Waals surface area contributed by atoms with E-state index in [9.17, 15) is 0 Å². The summed E-state index contributed by atoms with van der Waals surface area (Å²) in [6.07, 6.45) is 12.8. The van der Waals surface area contributed by atoms with Crippen molar-refractivity contribution >= 4 is 0 Å². The zero-order chi connectivity index (χ0) is 16.9. The van der Waals surface area contributed by atoms with Gasteiger partial charge in [0.2, 0.25) is 0 Å². The Morgan fingerprint density at radius 1 is 1.23 bits per heavy atom. The van der Waals surface area contributed by atoms with E-state index in [0.29, 0.717) is 5.92 Å². The van der Waals surface area contributed by atoms with Crippen LogP contribution in [0.4, 0.5) is 0 Å². The zero-order valence-electron chi connectivity index (χ0n) is 14.7. The van der Waals surface area contributed by atoms with Crippen molar-refractivity contribution in [3.05, 3.63) is 84.6 Å². The van der Waals surface area contributed by atoms with Crippen LogP contribution in [0, 0.1) is 11.3 Å². The standard InChI is InChI=1S/C22H30/c1-9-16(2)10-11-18(4)21(7)19(5)14-20(6)22(8)13-12-17(3)15-22/h10-14,17H,2,4,6-7,9,15H2,1,3,5,8H3/b11-10-,19-14-/t17?,22-/m0/s1. The van der Waals surface area contributed by atoms with E-state index in [1.54, 1.807) is 0 Å². The predicted octanol–water partition coefficient (Wildman–Crippen LogP) is 6.73. The summed E-state index contributed by atoms with van der Waals surface area (Å²) in [6, 6.07) is 0. The summed E-state index contributed by atoms with van der Waals surface area (Å²) < 4.78 is 0. The number of allylic oxidation sites excluding steroid dienone is 10. The molecule has 0 saturated carbocycles. The topological polar surface area (TPSA) is 0 Å². The van der Waals surface area contributed by atoms with E-state index in [1.165, 1.54) is 0 Å². The fraction of sp³-hybridized carbons (Fsp3) is 0.364. The molecule has 0 saturated heterocycles. The summed E-state index contributed by atoms with van der Waals surface area (Å²) in [5, 5.41) is 0. The molecule has 0 heterocycles. The van der Waals surface area contributed by atoms with Gasteiger partial charge in [-0.2, -0.15) is 0 Å². The highest BCUT2D eigenvalue weighted by atomic mass is 14.3. The summed E-state index contributed by atoms with van der Waals surface area (Å²) in [6.45, 7) is 25.2. The van der Waals surface area contributed by atoms with E-state index in [0.717, 1.165) is 40.7 Å². The molecule has 0 nitrogen and oxygen atoms in total. The molecule has 22 heavy (non-hydrogen) atoms. The van der Waals surface area contributed by atoms with Gasteiger partial charge in [-0.1, -0.05) is 83.0 Å². The van der Waals surface area contributed by atoms with Crippen molar-refractivity contribution in [1.29, 1.82) is 0 Å². The molecule has 0 aromatic heterocycles. The Morgan fingerprint density at radius 3 is 2.36 bits per heavy atom. The largest absolute Gasteiger partial charge is 0.0958 e. The molecule has 0 amide bonds. The molecule has 0 N–H and O–H groups in total. The van der Waals surface area contributed by atoms with E-state index in [-0.39, 0.29) is 5.41 Å². The van der Waals surface area contributed by atoms with Gasteiger partial charge in [-0.15, -0.1) is 0 Å². The summed E-state index contributed by atoms with van der Waals surface area (Å²) in [7, 11) is 0. The number of hydrogen-bond acceptors (Lipinski definition) is 0. The Hall–Kier alpha value is -1.82. The maximum Gasteiger partial charge on any atom is 0.0103 e. The SMILES string of the molecule is C=C(/C=C\C(=C)C(=C)/C(C)=C\C(=C)[C@@]1(C)C=CC(C)C1)CC. The maximum atomic E-state index is 4.28. The highest BCUT2D eigenvalue weighted by Gasteiger charge is 2.29. The minimum Gasteiger partial charge on any atom is -0.0958 e. The lowest BCUT2D eigenvalue weighted by molar-refractivity contribution is 0.459. The third kappa shape index (κ3) is 4.59. The van der Waals surface area contributed by atoms with Crippen molar-refractivity contribution in [3.63, 3.8) is 0 Å². The van der Waals surface area contributed by atoms with Gasteiger partial charge in [-0.05, 0) is 48.0 Å². The van der Waals surface area contributed by atoms with E-state index in [2.05, 4.69) is 72.2 Å². The summed E-state index contributed by atoms with van der Waals surface area (Å²) >= 11 is 0. The average Bonchev–Trinajstić information content (AvgIpc) is 2.84. The first-order valence-corrected chi connectivity index (χ1v) is 8.01. The van der Waals surface area contributed by atoms with Crippen molar-refractivity contribution in [2.24, 2.45) is 11.3 Å². The Balaban J connectivity index is 2.80. The van der Waals surface area contributed by atoms with Crippen LogP contribution in [0.5, 0.6) is 0 Å². The van der Waals surface area contributed by atoms with Crippen LogP contribution in [0.3, 0.4) is 0 Å². The maximum absolute atomic E-state index is 4.28. The fourth-order valence-corrected chi connectivity index (χ4v) is 2.62. The molecule has 0 aliphatic heterocycles. The lowest BCUT2D eigenvalue weighted by Gasteiger charge is -2.24. The normalized spacial score (nSPS) is 24.7. The van der Waals surface area contributed by atoms with Gasteiger partial charge >= 0.3 is 0 Å².